The third kappa shape index (κ3) is 3.66. The number of aryl methyl sites for hydroxylation is 1. The number of nitrogens with zero attached hydrogens (tertiary/aromatic N) is 1. The van der Waals surface area contributed by atoms with Crippen LogP contribution in [0.4, 0.5) is 10.5 Å². The Kier molecular flexibility index (Phi) is 4.28. The molecule has 0 fully saturated rings. The average Bonchev–Trinajstić information content (AvgIpc) is 2.48. The summed E-state index contributed by atoms with van der Waals surface area (Å²) in [4.78, 5) is 14.0. The zero-order chi connectivity index (χ0) is 14.9. The van der Waals surface area contributed by atoms with Crippen molar-refractivity contribution in [2.24, 2.45) is 0 Å². The first-order valence-corrected chi connectivity index (χ1v) is 7.56. The van der Waals surface area contributed by atoms with Crippen molar-refractivity contribution in [3.63, 3.8) is 0 Å². The molecule has 0 saturated heterocycles. The van der Waals surface area contributed by atoms with Crippen LogP contribution in [0.2, 0.25) is 0 Å². The van der Waals surface area contributed by atoms with Crippen LogP contribution in [0.25, 0.3) is 0 Å². The molecule has 0 unspecified atom stereocenters. The Morgan fingerprint density at radius 2 is 2.10 bits per heavy atom. The second-order valence-corrected chi connectivity index (χ2v) is 7.00. The molecule has 1 aliphatic rings. The maximum atomic E-state index is 12.2. The molecule has 0 aromatic heterocycles. The van der Waals surface area contributed by atoms with E-state index >= 15 is 0 Å². The van der Waals surface area contributed by atoms with E-state index in [2.05, 4.69) is 40.3 Å². The van der Waals surface area contributed by atoms with E-state index in [-0.39, 0.29) is 6.09 Å². The van der Waals surface area contributed by atoms with E-state index in [0.29, 0.717) is 13.1 Å². The number of carbonyl (C=O) groups is 1. The number of hydrogen-bond acceptors (Lipinski definition) is 3. The van der Waals surface area contributed by atoms with Crippen molar-refractivity contribution in [1.82, 2.24) is 4.90 Å². The van der Waals surface area contributed by atoms with E-state index in [9.17, 15) is 4.79 Å². The number of fused-ring (bicyclic) bond motifs is 1. The fraction of sp³-hybridized carbons (Fsp3) is 0.533. The summed E-state index contributed by atoms with van der Waals surface area (Å²) in [5.41, 5.74) is 2.95. The summed E-state index contributed by atoms with van der Waals surface area (Å²) in [5.74, 6) is 0. The highest BCUT2D eigenvalue weighted by atomic mass is 79.9. The topological polar surface area (TPSA) is 41.6 Å². The Labute approximate surface area is 128 Å². The quantitative estimate of drug-likeness (QED) is 0.778. The Bertz CT molecular complexity index is 523. The molecule has 0 bridgehead atoms. The largest absolute Gasteiger partial charge is 0.444 e. The molecule has 0 aliphatic carbocycles. The summed E-state index contributed by atoms with van der Waals surface area (Å²) >= 11 is 3.51. The van der Waals surface area contributed by atoms with Gasteiger partial charge in [-0.3, -0.25) is 0 Å². The van der Waals surface area contributed by atoms with Gasteiger partial charge in [0.1, 0.15) is 5.60 Å². The molecule has 1 N–H and O–H groups in total. The number of amides is 1. The van der Waals surface area contributed by atoms with Gasteiger partial charge in [-0.1, -0.05) is 15.9 Å². The lowest BCUT2D eigenvalue weighted by atomic mass is 10.1. The number of anilines is 1. The molecule has 5 heteroatoms. The molecule has 2 rings (SSSR count). The Morgan fingerprint density at radius 3 is 2.75 bits per heavy atom. The first kappa shape index (κ1) is 15.2. The predicted molar refractivity (Wildman–Crippen MR) is 84.0 cm³/mol. The zero-order valence-corrected chi connectivity index (χ0v) is 14.0. The lowest BCUT2D eigenvalue weighted by molar-refractivity contribution is 0.0245. The number of benzene rings is 1. The summed E-state index contributed by atoms with van der Waals surface area (Å²) < 4.78 is 6.48. The minimum Gasteiger partial charge on any atom is -0.444 e. The van der Waals surface area contributed by atoms with Gasteiger partial charge in [0.05, 0.1) is 6.54 Å². The van der Waals surface area contributed by atoms with Crippen molar-refractivity contribution in [1.29, 1.82) is 0 Å². The summed E-state index contributed by atoms with van der Waals surface area (Å²) in [7, 11) is 0. The molecule has 0 saturated carbocycles. The summed E-state index contributed by atoms with van der Waals surface area (Å²) in [5, 5.41) is 3.40. The minimum absolute atomic E-state index is 0.259. The molecule has 0 atom stereocenters. The number of halogens is 1. The smallest absolute Gasteiger partial charge is 0.410 e. The predicted octanol–water partition coefficient (Wildman–Crippen LogP) is 3.92. The van der Waals surface area contributed by atoms with E-state index in [1.54, 1.807) is 4.90 Å². The van der Waals surface area contributed by atoms with Crippen LogP contribution in [0.5, 0.6) is 0 Å². The number of rotatable bonds is 0. The van der Waals surface area contributed by atoms with Gasteiger partial charge in [-0.2, -0.15) is 0 Å². The van der Waals surface area contributed by atoms with Crippen LogP contribution in [-0.2, 0) is 11.3 Å². The molecule has 0 spiro atoms. The minimum atomic E-state index is -0.465. The van der Waals surface area contributed by atoms with Crippen LogP contribution in [0.3, 0.4) is 0 Å². The van der Waals surface area contributed by atoms with Crippen molar-refractivity contribution < 1.29 is 9.53 Å². The second-order valence-electron chi connectivity index (χ2n) is 6.09. The standard InChI is InChI=1S/C15H21BrN2O2/c1-10-7-12(16)8-11-9-18(6-5-17-13(10)11)14(19)20-15(2,3)4/h7-8,17H,5-6,9H2,1-4H3. The number of ether oxygens (including phenoxy) is 1. The SMILES string of the molecule is Cc1cc(Br)cc2c1NCCN(C(=O)OC(C)(C)C)C2. The van der Waals surface area contributed by atoms with E-state index in [1.807, 2.05) is 20.8 Å². The Balaban J connectivity index is 2.22. The van der Waals surface area contributed by atoms with Gasteiger partial charge in [0.25, 0.3) is 0 Å². The molecule has 4 nitrogen and oxygen atoms in total. The van der Waals surface area contributed by atoms with Crippen molar-refractivity contribution in [3.05, 3.63) is 27.7 Å². The third-order valence-corrected chi connectivity index (χ3v) is 3.54. The average molecular weight is 341 g/mol. The molecule has 1 amide bonds. The molecule has 0 radical (unpaired) electrons. The van der Waals surface area contributed by atoms with E-state index in [1.165, 1.54) is 5.56 Å². The highest BCUT2D eigenvalue weighted by Gasteiger charge is 2.25. The number of hydrogen-bond donors (Lipinski definition) is 1. The van der Waals surface area contributed by atoms with Gasteiger partial charge in [-0.05, 0) is 51.0 Å². The van der Waals surface area contributed by atoms with E-state index in [0.717, 1.165) is 22.3 Å². The van der Waals surface area contributed by atoms with Gasteiger partial charge in [-0.15, -0.1) is 0 Å². The molecule has 1 heterocycles. The lowest BCUT2D eigenvalue weighted by Crippen LogP contribution is -2.37. The third-order valence-electron chi connectivity index (χ3n) is 3.08. The molecule has 20 heavy (non-hydrogen) atoms. The number of carbonyl (C=O) groups excluding carboxylic acids is 1. The molecule has 1 aliphatic heterocycles. The Hall–Kier alpha value is -1.23. The van der Waals surface area contributed by atoms with Crippen LogP contribution in [-0.4, -0.2) is 29.7 Å². The van der Waals surface area contributed by atoms with Gasteiger partial charge in [-0.25, -0.2) is 4.79 Å². The molecule has 110 valence electrons. The fourth-order valence-electron chi connectivity index (χ4n) is 2.27. The summed E-state index contributed by atoms with van der Waals surface area (Å²) in [6.07, 6.45) is -0.259. The summed E-state index contributed by atoms with van der Waals surface area (Å²) in [6, 6.07) is 4.13. The van der Waals surface area contributed by atoms with Crippen LogP contribution in [0, 0.1) is 6.92 Å². The maximum absolute atomic E-state index is 12.2. The molecule has 1 aromatic rings. The van der Waals surface area contributed by atoms with Crippen molar-refractivity contribution in [3.8, 4) is 0 Å². The normalized spacial score (nSPS) is 15.2. The van der Waals surface area contributed by atoms with Gasteiger partial charge in [0.15, 0.2) is 0 Å². The van der Waals surface area contributed by atoms with E-state index in [4.69, 9.17) is 4.74 Å². The van der Waals surface area contributed by atoms with Gasteiger partial charge in [0, 0.05) is 23.2 Å². The first-order valence-electron chi connectivity index (χ1n) is 6.77. The molecule has 1 aromatic carbocycles. The van der Waals surface area contributed by atoms with Crippen LogP contribution in [0.1, 0.15) is 31.9 Å². The fourth-order valence-corrected chi connectivity index (χ4v) is 2.89. The monoisotopic (exact) mass is 340 g/mol. The van der Waals surface area contributed by atoms with Crippen LogP contribution < -0.4 is 5.32 Å². The van der Waals surface area contributed by atoms with Crippen LogP contribution in [0.15, 0.2) is 16.6 Å². The first-order chi connectivity index (χ1) is 9.26. The zero-order valence-electron chi connectivity index (χ0n) is 12.4. The second kappa shape index (κ2) is 5.64. The highest BCUT2D eigenvalue weighted by molar-refractivity contribution is 9.10. The van der Waals surface area contributed by atoms with Gasteiger partial charge >= 0.3 is 6.09 Å². The number of nitrogens with one attached hydrogen (secondary N) is 1. The van der Waals surface area contributed by atoms with Crippen molar-refractivity contribution in [2.75, 3.05) is 18.4 Å². The van der Waals surface area contributed by atoms with Crippen LogP contribution >= 0.6 is 15.9 Å². The van der Waals surface area contributed by atoms with Crippen molar-refractivity contribution >= 4 is 27.7 Å². The van der Waals surface area contributed by atoms with Crippen molar-refractivity contribution in [2.45, 2.75) is 39.8 Å². The lowest BCUT2D eigenvalue weighted by Gasteiger charge is -2.26. The molecular weight excluding hydrogens is 320 g/mol. The Morgan fingerprint density at radius 1 is 1.40 bits per heavy atom. The highest BCUT2D eigenvalue weighted by Crippen LogP contribution is 2.28. The van der Waals surface area contributed by atoms with Gasteiger partial charge in [0.2, 0.25) is 0 Å². The van der Waals surface area contributed by atoms with E-state index < -0.39 is 5.60 Å². The molecular formula is C15H21BrN2O2. The summed E-state index contributed by atoms with van der Waals surface area (Å²) in [6.45, 7) is 9.66. The van der Waals surface area contributed by atoms with Gasteiger partial charge < -0.3 is 15.0 Å². The maximum Gasteiger partial charge on any atom is 0.410 e.